The molecule has 0 amide bonds. The molecule has 0 saturated heterocycles. The Labute approximate surface area is 125 Å². The number of rotatable bonds is 4. The van der Waals surface area contributed by atoms with Gasteiger partial charge in [0.2, 0.25) is 5.82 Å². The Kier molecular flexibility index (Phi) is 3.53. The lowest BCUT2D eigenvalue weighted by molar-refractivity contribution is -0.384. The molecule has 7 nitrogen and oxygen atoms in total. The molecule has 0 aliphatic carbocycles. The zero-order chi connectivity index (χ0) is 15.5. The highest BCUT2D eigenvalue weighted by molar-refractivity contribution is 5.61. The Hall–Kier alpha value is -3.22. The van der Waals surface area contributed by atoms with Gasteiger partial charge < -0.3 is 9.26 Å². The first-order valence-electron chi connectivity index (χ1n) is 6.40. The Morgan fingerprint density at radius 1 is 1.05 bits per heavy atom. The molecule has 22 heavy (non-hydrogen) atoms. The van der Waals surface area contributed by atoms with Crippen LogP contribution in [0.5, 0.6) is 5.75 Å². The van der Waals surface area contributed by atoms with Crippen LogP contribution < -0.4 is 4.74 Å². The number of nitrogens with zero attached hydrogens (tertiary/aromatic N) is 3. The van der Waals surface area contributed by atoms with Gasteiger partial charge in [-0.05, 0) is 36.4 Å². The van der Waals surface area contributed by atoms with Gasteiger partial charge in [0, 0.05) is 23.3 Å². The molecule has 0 aliphatic rings. The summed E-state index contributed by atoms with van der Waals surface area (Å²) < 4.78 is 10.3. The van der Waals surface area contributed by atoms with E-state index < -0.39 is 4.92 Å². The number of aromatic nitrogens is 2. The average molecular weight is 297 g/mol. The molecule has 3 aromatic rings. The van der Waals surface area contributed by atoms with Crippen LogP contribution in [0.2, 0.25) is 0 Å². The molecule has 0 spiro atoms. The van der Waals surface area contributed by atoms with Gasteiger partial charge in [0.05, 0.1) is 12.0 Å². The van der Waals surface area contributed by atoms with E-state index in [0.29, 0.717) is 17.3 Å². The van der Waals surface area contributed by atoms with Gasteiger partial charge in [0.15, 0.2) is 0 Å². The maximum absolute atomic E-state index is 10.6. The fraction of sp³-hybridized carbons (Fsp3) is 0.0667. The number of hydrogen-bond donors (Lipinski definition) is 0. The summed E-state index contributed by atoms with van der Waals surface area (Å²) in [6.45, 7) is 0. The zero-order valence-electron chi connectivity index (χ0n) is 11.6. The molecular weight excluding hydrogens is 286 g/mol. The Morgan fingerprint density at radius 3 is 2.27 bits per heavy atom. The third kappa shape index (κ3) is 2.64. The van der Waals surface area contributed by atoms with E-state index in [2.05, 4.69) is 10.1 Å². The van der Waals surface area contributed by atoms with Crippen molar-refractivity contribution in [3.05, 3.63) is 58.6 Å². The largest absolute Gasteiger partial charge is 0.497 e. The van der Waals surface area contributed by atoms with Crippen molar-refractivity contribution in [3.8, 4) is 28.6 Å². The van der Waals surface area contributed by atoms with E-state index >= 15 is 0 Å². The second-order valence-electron chi connectivity index (χ2n) is 4.46. The lowest BCUT2D eigenvalue weighted by atomic mass is 10.2. The maximum atomic E-state index is 10.6. The lowest BCUT2D eigenvalue weighted by Crippen LogP contribution is -1.88. The Morgan fingerprint density at radius 2 is 1.68 bits per heavy atom. The molecule has 0 atom stereocenters. The van der Waals surface area contributed by atoms with Crippen LogP contribution in [0.25, 0.3) is 22.8 Å². The predicted molar refractivity (Wildman–Crippen MR) is 78.4 cm³/mol. The van der Waals surface area contributed by atoms with Crippen LogP contribution >= 0.6 is 0 Å². The van der Waals surface area contributed by atoms with Crippen molar-refractivity contribution in [1.82, 2.24) is 10.1 Å². The summed E-state index contributed by atoms with van der Waals surface area (Å²) in [5, 5.41) is 14.5. The molecule has 0 fully saturated rings. The molecule has 110 valence electrons. The third-order valence-electron chi connectivity index (χ3n) is 3.10. The highest BCUT2D eigenvalue weighted by Gasteiger charge is 2.12. The van der Waals surface area contributed by atoms with Gasteiger partial charge in [0.25, 0.3) is 11.6 Å². The number of hydrogen-bond acceptors (Lipinski definition) is 6. The molecule has 0 N–H and O–H groups in total. The lowest BCUT2D eigenvalue weighted by Gasteiger charge is -1.98. The monoisotopic (exact) mass is 297 g/mol. The maximum Gasteiger partial charge on any atom is 0.269 e. The summed E-state index contributed by atoms with van der Waals surface area (Å²) in [5.41, 5.74) is 1.43. The second kappa shape index (κ2) is 5.65. The Bertz CT molecular complexity index is 794. The normalized spacial score (nSPS) is 10.4. The minimum absolute atomic E-state index is 0.0163. The van der Waals surface area contributed by atoms with Crippen LogP contribution in [-0.4, -0.2) is 22.2 Å². The fourth-order valence-corrected chi connectivity index (χ4v) is 1.92. The van der Waals surface area contributed by atoms with Crippen molar-refractivity contribution >= 4 is 5.69 Å². The summed E-state index contributed by atoms with van der Waals surface area (Å²) in [6.07, 6.45) is 0. The zero-order valence-corrected chi connectivity index (χ0v) is 11.6. The second-order valence-corrected chi connectivity index (χ2v) is 4.46. The van der Waals surface area contributed by atoms with Gasteiger partial charge in [0.1, 0.15) is 5.75 Å². The first-order valence-corrected chi connectivity index (χ1v) is 6.40. The van der Waals surface area contributed by atoms with Gasteiger partial charge in [-0.2, -0.15) is 4.98 Å². The smallest absolute Gasteiger partial charge is 0.269 e. The van der Waals surface area contributed by atoms with Crippen LogP contribution in [0.3, 0.4) is 0 Å². The number of nitro benzene ring substituents is 1. The molecule has 2 aromatic carbocycles. The van der Waals surface area contributed by atoms with Crippen molar-refractivity contribution in [2.75, 3.05) is 7.11 Å². The number of non-ortho nitro benzene ring substituents is 1. The van der Waals surface area contributed by atoms with E-state index in [-0.39, 0.29) is 5.69 Å². The van der Waals surface area contributed by atoms with Gasteiger partial charge in [-0.25, -0.2) is 0 Å². The first kappa shape index (κ1) is 13.7. The highest BCUT2D eigenvalue weighted by Crippen LogP contribution is 2.25. The summed E-state index contributed by atoms with van der Waals surface area (Å²) in [5.74, 6) is 1.48. The quantitative estimate of drug-likeness (QED) is 0.542. The number of methoxy groups -OCH3 is 1. The number of benzene rings is 2. The molecule has 0 saturated carbocycles. The average Bonchev–Trinajstić information content (AvgIpc) is 3.05. The Balaban J connectivity index is 1.87. The molecule has 3 rings (SSSR count). The summed E-state index contributed by atoms with van der Waals surface area (Å²) in [6, 6.07) is 13.2. The van der Waals surface area contributed by atoms with Crippen molar-refractivity contribution < 1.29 is 14.2 Å². The summed E-state index contributed by atoms with van der Waals surface area (Å²) in [7, 11) is 1.59. The van der Waals surface area contributed by atoms with Crippen LogP contribution in [0.1, 0.15) is 0 Å². The molecule has 1 aromatic heterocycles. The van der Waals surface area contributed by atoms with Crippen molar-refractivity contribution in [1.29, 1.82) is 0 Å². The van der Waals surface area contributed by atoms with E-state index in [0.717, 1.165) is 11.3 Å². The highest BCUT2D eigenvalue weighted by atomic mass is 16.6. The SMILES string of the molecule is COc1ccc(-c2nc(-c3ccc([N+](=O)[O-])cc3)no2)cc1. The first-order chi connectivity index (χ1) is 10.7. The topological polar surface area (TPSA) is 91.3 Å². The minimum atomic E-state index is -0.456. The van der Waals surface area contributed by atoms with E-state index in [1.807, 2.05) is 12.1 Å². The minimum Gasteiger partial charge on any atom is -0.497 e. The molecule has 0 bridgehead atoms. The van der Waals surface area contributed by atoms with E-state index in [1.165, 1.54) is 12.1 Å². The summed E-state index contributed by atoms with van der Waals surface area (Å²) >= 11 is 0. The van der Waals surface area contributed by atoms with Crippen molar-refractivity contribution in [2.45, 2.75) is 0 Å². The summed E-state index contributed by atoms with van der Waals surface area (Å²) in [4.78, 5) is 14.5. The molecule has 7 heteroatoms. The fourth-order valence-electron chi connectivity index (χ4n) is 1.92. The van der Waals surface area contributed by atoms with Gasteiger partial charge in [-0.15, -0.1) is 0 Å². The molecule has 0 radical (unpaired) electrons. The van der Waals surface area contributed by atoms with Crippen LogP contribution in [-0.2, 0) is 0 Å². The number of nitro groups is 1. The van der Waals surface area contributed by atoms with E-state index in [1.54, 1.807) is 31.4 Å². The molecule has 0 aliphatic heterocycles. The standard InChI is InChI=1S/C15H11N3O4/c1-21-13-8-4-11(5-9-13)15-16-14(17-22-15)10-2-6-12(7-3-10)18(19)20/h2-9H,1H3. The predicted octanol–water partition coefficient (Wildman–Crippen LogP) is 3.32. The molecule has 0 unspecified atom stereocenters. The van der Waals surface area contributed by atoms with Gasteiger partial charge in [-0.1, -0.05) is 5.16 Å². The molecular formula is C15H11N3O4. The third-order valence-corrected chi connectivity index (χ3v) is 3.10. The van der Waals surface area contributed by atoms with Crippen LogP contribution in [0, 0.1) is 10.1 Å². The van der Waals surface area contributed by atoms with Crippen LogP contribution in [0.4, 0.5) is 5.69 Å². The van der Waals surface area contributed by atoms with Crippen molar-refractivity contribution in [2.24, 2.45) is 0 Å². The van der Waals surface area contributed by atoms with Gasteiger partial charge >= 0.3 is 0 Å². The molecule has 1 heterocycles. The van der Waals surface area contributed by atoms with Gasteiger partial charge in [-0.3, -0.25) is 10.1 Å². The van der Waals surface area contributed by atoms with Crippen LogP contribution in [0.15, 0.2) is 53.1 Å². The van der Waals surface area contributed by atoms with Crippen molar-refractivity contribution in [3.63, 3.8) is 0 Å². The van der Waals surface area contributed by atoms with E-state index in [4.69, 9.17) is 9.26 Å². The number of ether oxygens (including phenoxy) is 1. The van der Waals surface area contributed by atoms with E-state index in [9.17, 15) is 10.1 Å².